The fourth-order valence-corrected chi connectivity index (χ4v) is 9.31. The Morgan fingerprint density at radius 1 is 0.857 bits per heavy atom. The highest BCUT2D eigenvalue weighted by Gasteiger charge is 2.49. The zero-order valence-electron chi connectivity index (χ0n) is 20.8. The highest BCUT2D eigenvalue weighted by atomic mass is 28.4. The topological polar surface area (TPSA) is 23.4 Å². The van der Waals surface area contributed by atoms with Crippen molar-refractivity contribution in [1.29, 1.82) is 0 Å². The van der Waals surface area contributed by atoms with Gasteiger partial charge in [0.25, 0.3) is 8.32 Å². The first kappa shape index (κ1) is 24.6. The van der Waals surface area contributed by atoms with Gasteiger partial charge in [0.1, 0.15) is 12.4 Å². The Kier molecular flexibility index (Phi) is 7.29. The summed E-state index contributed by atoms with van der Waals surface area (Å²) in [5.41, 5.74) is 2.58. The molecule has 0 atom stereocenters. The summed E-state index contributed by atoms with van der Waals surface area (Å²) in [6, 6.07) is 29.2. The summed E-state index contributed by atoms with van der Waals surface area (Å²) in [5, 5.41) is 3.37. The second kappa shape index (κ2) is 10.4. The van der Waals surface area contributed by atoms with Crippen LogP contribution in [0.1, 0.15) is 32.0 Å². The molecule has 0 saturated heterocycles. The van der Waals surface area contributed by atoms with Crippen molar-refractivity contribution >= 4 is 29.6 Å². The van der Waals surface area contributed by atoms with Crippen LogP contribution in [-0.4, -0.2) is 26.6 Å². The Morgan fingerprint density at radius 2 is 1.43 bits per heavy atom. The van der Waals surface area contributed by atoms with Gasteiger partial charge in [0.2, 0.25) is 0 Å². The van der Waals surface area contributed by atoms with E-state index in [1.54, 1.807) is 7.11 Å². The van der Waals surface area contributed by atoms with Gasteiger partial charge in [-0.05, 0) is 27.4 Å². The number of methoxy groups -OCH3 is 1. The molecule has 0 aliphatic heterocycles. The van der Waals surface area contributed by atoms with Gasteiger partial charge in [-0.3, -0.25) is 0 Å². The van der Waals surface area contributed by atoms with Crippen molar-refractivity contribution < 1.29 is 9.16 Å². The molecule has 4 rings (SSSR count). The number of benzene rings is 3. The monoisotopic (exact) mass is 477 g/mol. The molecule has 0 aliphatic rings. The van der Waals surface area contributed by atoms with Gasteiger partial charge in [0, 0.05) is 12.5 Å². The zero-order chi connectivity index (χ0) is 24.9. The molecule has 1 heterocycles. The van der Waals surface area contributed by atoms with Crippen LogP contribution in [0.3, 0.4) is 0 Å². The molecule has 4 aromatic rings. The Bertz CT molecular complexity index is 1360. The lowest BCUT2D eigenvalue weighted by atomic mass is 10.1. The number of aromatic nitrogens is 1. The molecule has 1 aromatic heterocycles. The first-order chi connectivity index (χ1) is 16.9. The van der Waals surface area contributed by atoms with Crippen LogP contribution < -0.4 is 10.4 Å². The van der Waals surface area contributed by atoms with Gasteiger partial charge < -0.3 is 13.7 Å². The predicted octanol–water partition coefficient (Wildman–Crippen LogP) is 5.15. The number of hydrogen-bond donors (Lipinski definition) is 0. The van der Waals surface area contributed by atoms with Gasteiger partial charge in [-0.25, -0.2) is 0 Å². The van der Waals surface area contributed by atoms with Crippen molar-refractivity contribution in [2.24, 2.45) is 0 Å². The molecule has 0 bridgehead atoms. The number of fused-ring (bicyclic) bond motifs is 1. The van der Waals surface area contributed by atoms with E-state index in [1.165, 1.54) is 10.4 Å². The molecule has 4 heteroatoms. The second-order valence-electron chi connectivity index (χ2n) is 9.48. The molecule has 0 amide bonds. The van der Waals surface area contributed by atoms with Crippen LogP contribution in [0.4, 0.5) is 0 Å². The van der Waals surface area contributed by atoms with E-state index in [2.05, 4.69) is 87.1 Å². The fourth-order valence-electron chi connectivity index (χ4n) is 4.87. The number of ether oxygens (including phenoxy) is 1. The van der Waals surface area contributed by atoms with E-state index in [-0.39, 0.29) is 5.04 Å². The fraction of sp³-hybridized carbons (Fsp3) is 0.226. The van der Waals surface area contributed by atoms with Gasteiger partial charge >= 0.3 is 0 Å². The van der Waals surface area contributed by atoms with Crippen molar-refractivity contribution in [1.82, 2.24) is 4.57 Å². The zero-order valence-corrected chi connectivity index (χ0v) is 21.8. The van der Waals surface area contributed by atoms with Crippen LogP contribution in [0.2, 0.25) is 5.04 Å². The van der Waals surface area contributed by atoms with Crippen LogP contribution in [0, 0.1) is 24.2 Å². The van der Waals surface area contributed by atoms with Crippen molar-refractivity contribution in [3.8, 4) is 24.2 Å². The number of rotatable bonds is 6. The van der Waals surface area contributed by atoms with Crippen LogP contribution in [0.5, 0.6) is 0 Å². The Labute approximate surface area is 209 Å². The number of nitrogens with zero attached hydrogens (tertiary/aromatic N) is 1. The van der Waals surface area contributed by atoms with E-state index in [1.807, 2.05) is 41.0 Å². The number of hydrogen-bond acceptors (Lipinski definition) is 2. The molecule has 176 valence electrons. The van der Waals surface area contributed by atoms with Crippen LogP contribution in [-0.2, 0) is 15.9 Å². The highest BCUT2D eigenvalue weighted by molar-refractivity contribution is 6.99. The minimum absolute atomic E-state index is 0.105. The molecule has 3 aromatic carbocycles. The maximum absolute atomic E-state index is 6.91. The van der Waals surface area contributed by atoms with E-state index in [0.717, 1.165) is 22.2 Å². The molecule has 0 saturated carbocycles. The van der Waals surface area contributed by atoms with Crippen LogP contribution >= 0.6 is 0 Å². The first-order valence-electron chi connectivity index (χ1n) is 11.7. The standard InChI is InChI=1S/C31H31NO2Si/c1-6-27-28-20-13-14-21-30(28)32(24-33-5)29(27)22-15-23-34-35(31(2,3)4,25-16-9-7-10-17-25)26-18-11-8-12-19-26/h1,7-14,16-21H,23-24H2,2-5H3. The largest absolute Gasteiger partial charge is 0.396 e. The summed E-state index contributed by atoms with van der Waals surface area (Å²) in [6.45, 7) is 7.46. The molecule has 0 unspecified atom stereocenters. The lowest BCUT2D eigenvalue weighted by Gasteiger charge is -2.42. The predicted molar refractivity (Wildman–Crippen MR) is 147 cm³/mol. The first-order valence-corrected chi connectivity index (χ1v) is 13.7. The van der Waals surface area contributed by atoms with Gasteiger partial charge in [0.15, 0.2) is 0 Å². The molecule has 0 aliphatic carbocycles. The Hall–Kier alpha value is -3.54. The summed E-state index contributed by atoms with van der Waals surface area (Å²) in [5.74, 6) is 9.45. The summed E-state index contributed by atoms with van der Waals surface area (Å²) in [7, 11) is -0.970. The van der Waals surface area contributed by atoms with Crippen molar-refractivity contribution in [2.75, 3.05) is 13.7 Å². The molecule has 0 fully saturated rings. The highest BCUT2D eigenvalue weighted by Crippen LogP contribution is 2.36. The molecular weight excluding hydrogens is 446 g/mol. The van der Waals surface area contributed by atoms with Crippen LogP contribution in [0.15, 0.2) is 84.9 Å². The van der Waals surface area contributed by atoms with E-state index < -0.39 is 8.32 Å². The number of terminal acetylenes is 1. The van der Waals surface area contributed by atoms with Crippen molar-refractivity contribution in [2.45, 2.75) is 32.5 Å². The third-order valence-corrected chi connectivity index (χ3v) is 11.3. The summed E-state index contributed by atoms with van der Waals surface area (Å²) < 4.78 is 14.4. The summed E-state index contributed by atoms with van der Waals surface area (Å²) in [6.07, 6.45) is 5.91. The van der Waals surface area contributed by atoms with Gasteiger partial charge in [-0.15, -0.1) is 6.42 Å². The third-order valence-electron chi connectivity index (χ3n) is 6.36. The lowest BCUT2D eigenvalue weighted by Crippen LogP contribution is -2.66. The van der Waals surface area contributed by atoms with E-state index in [4.69, 9.17) is 15.6 Å². The lowest BCUT2D eigenvalue weighted by molar-refractivity contribution is 0.134. The molecule has 0 radical (unpaired) electrons. The molecule has 3 nitrogen and oxygen atoms in total. The van der Waals surface area contributed by atoms with E-state index >= 15 is 0 Å². The van der Waals surface area contributed by atoms with E-state index in [0.29, 0.717) is 13.3 Å². The SMILES string of the molecule is C#Cc1c(C#CCO[Si](c2ccccc2)(c2ccccc2)C(C)(C)C)n(COC)c2ccccc12. The molecule has 0 N–H and O–H groups in total. The Balaban J connectivity index is 1.77. The quantitative estimate of drug-likeness (QED) is 0.283. The minimum atomic E-state index is -2.64. The van der Waals surface area contributed by atoms with Gasteiger partial charge in [-0.2, -0.15) is 0 Å². The molecule has 35 heavy (non-hydrogen) atoms. The normalized spacial score (nSPS) is 11.6. The average Bonchev–Trinajstić information content (AvgIpc) is 3.17. The molecule has 0 spiro atoms. The maximum atomic E-state index is 6.91. The average molecular weight is 478 g/mol. The summed E-state index contributed by atoms with van der Waals surface area (Å²) in [4.78, 5) is 0. The minimum Gasteiger partial charge on any atom is -0.396 e. The Morgan fingerprint density at radius 3 is 1.97 bits per heavy atom. The maximum Gasteiger partial charge on any atom is 0.262 e. The molecular formula is C31H31NO2Si. The van der Waals surface area contributed by atoms with Gasteiger partial charge in [-0.1, -0.05) is 111 Å². The smallest absolute Gasteiger partial charge is 0.262 e. The second-order valence-corrected chi connectivity index (χ2v) is 13.8. The van der Waals surface area contributed by atoms with E-state index in [9.17, 15) is 0 Å². The van der Waals surface area contributed by atoms with Gasteiger partial charge in [0.05, 0.1) is 17.7 Å². The summed E-state index contributed by atoms with van der Waals surface area (Å²) >= 11 is 0. The third kappa shape index (κ3) is 4.57. The number of para-hydroxylation sites is 1. The van der Waals surface area contributed by atoms with Crippen molar-refractivity contribution in [3.05, 3.63) is 96.2 Å². The van der Waals surface area contributed by atoms with Crippen molar-refractivity contribution in [3.63, 3.8) is 0 Å². The van der Waals surface area contributed by atoms with Crippen LogP contribution in [0.25, 0.3) is 10.9 Å².